The summed E-state index contributed by atoms with van der Waals surface area (Å²) in [6.07, 6.45) is -3.00. The molecule has 1 aromatic carbocycles. The number of hydrogen-bond donors (Lipinski definition) is 1. The molecule has 0 unspecified atom stereocenters. The predicted octanol–water partition coefficient (Wildman–Crippen LogP) is 3.12. The third-order valence-corrected chi connectivity index (χ3v) is 1.98. The molecular weight excluding hydrogens is 222 g/mol. The Balaban J connectivity index is 2.94. The Hall–Kier alpha value is -1.36. The van der Waals surface area contributed by atoms with Crippen LogP contribution in [0.2, 0.25) is 0 Å². The topological polar surface area (TPSA) is 12.0 Å². The van der Waals surface area contributed by atoms with Crippen LogP contribution in [0.4, 0.5) is 17.6 Å². The van der Waals surface area contributed by atoms with Gasteiger partial charge in [-0.3, -0.25) is 0 Å². The van der Waals surface area contributed by atoms with Crippen molar-refractivity contribution in [3.05, 3.63) is 47.8 Å². The standard InChI is InChI=1S/C11H11F4N/c1-2-5-16-7-8-3-4-9(12)6-10(8)11(13,14)15/h2-4,6,16H,1,5,7H2. The van der Waals surface area contributed by atoms with Gasteiger partial charge in [-0.2, -0.15) is 13.2 Å². The second kappa shape index (κ2) is 5.12. The van der Waals surface area contributed by atoms with Gasteiger partial charge in [0.2, 0.25) is 0 Å². The first-order chi connectivity index (χ1) is 7.45. The van der Waals surface area contributed by atoms with Crippen LogP contribution in [0.15, 0.2) is 30.9 Å². The fourth-order valence-corrected chi connectivity index (χ4v) is 1.28. The molecule has 0 saturated carbocycles. The fraction of sp³-hybridized carbons (Fsp3) is 0.273. The van der Waals surface area contributed by atoms with Gasteiger partial charge in [0.1, 0.15) is 5.82 Å². The lowest BCUT2D eigenvalue weighted by Crippen LogP contribution is -2.17. The van der Waals surface area contributed by atoms with E-state index in [1.807, 2.05) is 0 Å². The van der Waals surface area contributed by atoms with E-state index in [2.05, 4.69) is 11.9 Å². The molecule has 1 N–H and O–H groups in total. The highest BCUT2D eigenvalue weighted by atomic mass is 19.4. The Kier molecular flexibility index (Phi) is 4.06. The Morgan fingerprint density at radius 2 is 2.00 bits per heavy atom. The molecule has 1 nitrogen and oxygen atoms in total. The van der Waals surface area contributed by atoms with E-state index in [0.717, 1.165) is 12.1 Å². The molecule has 0 aliphatic carbocycles. The van der Waals surface area contributed by atoms with E-state index in [9.17, 15) is 17.6 Å². The molecule has 88 valence electrons. The van der Waals surface area contributed by atoms with Crippen molar-refractivity contribution in [3.63, 3.8) is 0 Å². The molecule has 0 fully saturated rings. The van der Waals surface area contributed by atoms with Crippen LogP contribution < -0.4 is 5.32 Å². The zero-order valence-corrected chi connectivity index (χ0v) is 8.44. The summed E-state index contributed by atoms with van der Waals surface area (Å²) in [5, 5.41) is 2.74. The Morgan fingerprint density at radius 1 is 1.31 bits per heavy atom. The SMILES string of the molecule is C=CCNCc1ccc(F)cc1C(F)(F)F. The summed E-state index contributed by atoms with van der Waals surface area (Å²) < 4.78 is 50.3. The minimum absolute atomic E-state index is 0.0238. The normalized spacial score (nSPS) is 11.5. The maximum atomic E-state index is 12.7. The van der Waals surface area contributed by atoms with Gasteiger partial charge < -0.3 is 5.32 Å². The summed E-state index contributed by atoms with van der Waals surface area (Å²) >= 11 is 0. The maximum Gasteiger partial charge on any atom is 0.416 e. The van der Waals surface area contributed by atoms with Gasteiger partial charge >= 0.3 is 6.18 Å². The first kappa shape index (κ1) is 12.7. The first-order valence-corrected chi connectivity index (χ1v) is 4.62. The summed E-state index contributed by atoms with van der Waals surface area (Å²) in [4.78, 5) is 0. The van der Waals surface area contributed by atoms with Crippen LogP contribution in [0.1, 0.15) is 11.1 Å². The summed E-state index contributed by atoms with van der Waals surface area (Å²) in [5.41, 5.74) is -0.917. The van der Waals surface area contributed by atoms with Crippen molar-refractivity contribution in [1.82, 2.24) is 5.32 Å². The van der Waals surface area contributed by atoms with Crippen LogP contribution >= 0.6 is 0 Å². The van der Waals surface area contributed by atoms with Gasteiger partial charge in [0, 0.05) is 13.1 Å². The van der Waals surface area contributed by atoms with Gasteiger partial charge in [0.25, 0.3) is 0 Å². The number of benzene rings is 1. The maximum absolute atomic E-state index is 12.7. The molecule has 0 saturated heterocycles. The number of nitrogens with one attached hydrogen (secondary N) is 1. The molecule has 0 bridgehead atoms. The monoisotopic (exact) mass is 233 g/mol. The van der Waals surface area contributed by atoms with Crippen molar-refractivity contribution in [2.75, 3.05) is 6.54 Å². The lowest BCUT2D eigenvalue weighted by atomic mass is 10.1. The third kappa shape index (κ3) is 3.34. The molecule has 16 heavy (non-hydrogen) atoms. The Bertz CT molecular complexity index is 371. The number of halogens is 4. The fourth-order valence-electron chi connectivity index (χ4n) is 1.28. The zero-order chi connectivity index (χ0) is 12.2. The van der Waals surface area contributed by atoms with Gasteiger partial charge in [-0.25, -0.2) is 4.39 Å². The smallest absolute Gasteiger partial charge is 0.309 e. The Morgan fingerprint density at radius 3 is 2.56 bits per heavy atom. The van der Waals surface area contributed by atoms with E-state index in [1.165, 1.54) is 6.08 Å². The van der Waals surface area contributed by atoms with E-state index >= 15 is 0 Å². The van der Waals surface area contributed by atoms with E-state index in [-0.39, 0.29) is 12.1 Å². The third-order valence-electron chi connectivity index (χ3n) is 1.98. The van der Waals surface area contributed by atoms with E-state index in [4.69, 9.17) is 0 Å². The highest BCUT2D eigenvalue weighted by molar-refractivity contribution is 5.30. The summed E-state index contributed by atoms with van der Waals surface area (Å²) in [5.74, 6) is -0.889. The van der Waals surface area contributed by atoms with Gasteiger partial charge in [-0.15, -0.1) is 6.58 Å². The molecular formula is C11H11F4N. The van der Waals surface area contributed by atoms with Crippen LogP contribution in [0.5, 0.6) is 0 Å². The summed E-state index contributed by atoms with van der Waals surface area (Å²) in [6, 6.07) is 2.65. The summed E-state index contributed by atoms with van der Waals surface area (Å²) in [6.45, 7) is 3.86. The van der Waals surface area contributed by atoms with Crippen LogP contribution in [-0.2, 0) is 12.7 Å². The lowest BCUT2D eigenvalue weighted by molar-refractivity contribution is -0.138. The van der Waals surface area contributed by atoms with Gasteiger partial charge in [-0.05, 0) is 17.7 Å². The molecule has 0 heterocycles. The molecule has 0 aliphatic heterocycles. The van der Waals surface area contributed by atoms with Crippen LogP contribution in [0.25, 0.3) is 0 Å². The molecule has 0 aromatic heterocycles. The molecule has 0 spiro atoms. The second-order valence-corrected chi connectivity index (χ2v) is 3.22. The average Bonchev–Trinajstić information content (AvgIpc) is 2.19. The van der Waals surface area contributed by atoms with Gasteiger partial charge in [0.15, 0.2) is 0 Å². The molecule has 0 radical (unpaired) electrons. The van der Waals surface area contributed by atoms with Gasteiger partial charge in [0.05, 0.1) is 5.56 Å². The Labute approximate surface area is 90.8 Å². The van der Waals surface area contributed by atoms with Crippen molar-refractivity contribution >= 4 is 0 Å². The van der Waals surface area contributed by atoms with Gasteiger partial charge in [-0.1, -0.05) is 12.1 Å². The quantitative estimate of drug-likeness (QED) is 0.478. The molecule has 0 amide bonds. The molecule has 0 aliphatic rings. The summed E-state index contributed by atoms with van der Waals surface area (Å²) in [7, 11) is 0. The number of hydrogen-bond acceptors (Lipinski definition) is 1. The van der Waals surface area contributed by atoms with Crippen molar-refractivity contribution in [3.8, 4) is 0 Å². The highest BCUT2D eigenvalue weighted by Gasteiger charge is 2.33. The number of alkyl halides is 3. The zero-order valence-electron chi connectivity index (χ0n) is 8.44. The second-order valence-electron chi connectivity index (χ2n) is 3.22. The highest BCUT2D eigenvalue weighted by Crippen LogP contribution is 2.32. The molecule has 1 rings (SSSR count). The number of rotatable bonds is 4. The van der Waals surface area contributed by atoms with E-state index in [0.29, 0.717) is 12.6 Å². The average molecular weight is 233 g/mol. The van der Waals surface area contributed by atoms with Crippen LogP contribution in [0.3, 0.4) is 0 Å². The van der Waals surface area contributed by atoms with E-state index < -0.39 is 17.6 Å². The van der Waals surface area contributed by atoms with Crippen molar-refractivity contribution in [2.24, 2.45) is 0 Å². The lowest BCUT2D eigenvalue weighted by Gasteiger charge is -2.13. The first-order valence-electron chi connectivity index (χ1n) is 4.62. The van der Waals surface area contributed by atoms with Crippen LogP contribution in [0, 0.1) is 5.82 Å². The molecule has 0 atom stereocenters. The van der Waals surface area contributed by atoms with Crippen molar-refractivity contribution in [1.29, 1.82) is 0 Å². The molecule has 5 heteroatoms. The van der Waals surface area contributed by atoms with Crippen LogP contribution in [-0.4, -0.2) is 6.54 Å². The predicted molar refractivity (Wildman–Crippen MR) is 53.3 cm³/mol. The molecule has 1 aromatic rings. The van der Waals surface area contributed by atoms with E-state index in [1.54, 1.807) is 0 Å². The minimum atomic E-state index is -4.53. The van der Waals surface area contributed by atoms with Crippen molar-refractivity contribution in [2.45, 2.75) is 12.7 Å². The minimum Gasteiger partial charge on any atom is -0.309 e. The van der Waals surface area contributed by atoms with Crippen molar-refractivity contribution < 1.29 is 17.6 Å². The largest absolute Gasteiger partial charge is 0.416 e.